The number of halogens is 2. The third-order valence-corrected chi connectivity index (χ3v) is 4.39. The predicted molar refractivity (Wildman–Crippen MR) is 75.8 cm³/mol. The smallest absolute Gasteiger partial charge is 0.137 e. The van der Waals surface area contributed by atoms with E-state index >= 15 is 0 Å². The van der Waals surface area contributed by atoms with Gasteiger partial charge in [-0.15, -0.1) is 0 Å². The van der Waals surface area contributed by atoms with Gasteiger partial charge < -0.3 is 5.73 Å². The zero-order valence-electron chi connectivity index (χ0n) is 10.9. The summed E-state index contributed by atoms with van der Waals surface area (Å²) in [5, 5.41) is 0. The summed E-state index contributed by atoms with van der Waals surface area (Å²) in [5.41, 5.74) is 7.02. The quantitative estimate of drug-likeness (QED) is 0.927. The van der Waals surface area contributed by atoms with Crippen LogP contribution in [0.1, 0.15) is 31.9 Å². The Kier molecular flexibility index (Phi) is 4.41. The summed E-state index contributed by atoms with van der Waals surface area (Å²) in [6.45, 7) is 6.14. The second-order valence-electron chi connectivity index (χ2n) is 5.31. The SMILES string of the molecule is CC1CC(C)N(C(CN)c2ccc(F)c(Br)c2)C1. The molecule has 4 heteroatoms. The van der Waals surface area contributed by atoms with Gasteiger partial charge in [0.15, 0.2) is 0 Å². The van der Waals surface area contributed by atoms with Gasteiger partial charge in [-0.1, -0.05) is 13.0 Å². The molecule has 2 N–H and O–H groups in total. The van der Waals surface area contributed by atoms with Crippen LogP contribution in [0.5, 0.6) is 0 Å². The molecule has 1 fully saturated rings. The molecule has 0 saturated carbocycles. The fourth-order valence-corrected chi connectivity index (χ4v) is 3.35. The van der Waals surface area contributed by atoms with E-state index in [0.717, 1.165) is 12.1 Å². The molecule has 1 heterocycles. The topological polar surface area (TPSA) is 29.3 Å². The van der Waals surface area contributed by atoms with Crippen molar-refractivity contribution in [1.82, 2.24) is 4.90 Å². The molecule has 1 aromatic rings. The van der Waals surface area contributed by atoms with E-state index in [1.54, 1.807) is 0 Å². The Morgan fingerprint density at radius 2 is 2.22 bits per heavy atom. The van der Waals surface area contributed by atoms with E-state index in [0.29, 0.717) is 23.0 Å². The van der Waals surface area contributed by atoms with Crippen LogP contribution in [0.2, 0.25) is 0 Å². The molecule has 2 nitrogen and oxygen atoms in total. The van der Waals surface area contributed by atoms with Gasteiger partial charge in [-0.2, -0.15) is 0 Å². The molecule has 3 unspecified atom stereocenters. The van der Waals surface area contributed by atoms with E-state index in [1.165, 1.54) is 12.5 Å². The predicted octanol–water partition coefficient (Wildman–Crippen LogP) is 3.32. The highest BCUT2D eigenvalue weighted by Gasteiger charge is 2.31. The maximum atomic E-state index is 13.3. The minimum absolute atomic E-state index is 0.182. The van der Waals surface area contributed by atoms with Crippen LogP contribution < -0.4 is 5.73 Å². The Bertz CT molecular complexity index is 424. The van der Waals surface area contributed by atoms with Crippen molar-refractivity contribution in [3.63, 3.8) is 0 Å². The summed E-state index contributed by atoms with van der Waals surface area (Å²) in [4.78, 5) is 2.43. The van der Waals surface area contributed by atoms with Crippen LogP contribution in [-0.2, 0) is 0 Å². The number of hydrogen-bond donors (Lipinski definition) is 1. The number of likely N-dealkylation sites (tertiary alicyclic amines) is 1. The van der Waals surface area contributed by atoms with E-state index < -0.39 is 0 Å². The Labute approximate surface area is 116 Å². The number of rotatable bonds is 3. The van der Waals surface area contributed by atoms with E-state index in [4.69, 9.17) is 5.73 Å². The summed E-state index contributed by atoms with van der Waals surface area (Å²) >= 11 is 3.24. The minimum atomic E-state index is -0.225. The Morgan fingerprint density at radius 3 is 2.72 bits per heavy atom. The van der Waals surface area contributed by atoms with Crippen LogP contribution in [0.4, 0.5) is 4.39 Å². The maximum Gasteiger partial charge on any atom is 0.137 e. The average molecular weight is 315 g/mol. The molecule has 1 aliphatic rings. The highest BCUT2D eigenvalue weighted by atomic mass is 79.9. The van der Waals surface area contributed by atoms with Gasteiger partial charge in [-0.3, -0.25) is 4.90 Å². The molecule has 0 bridgehead atoms. The first-order valence-electron chi connectivity index (χ1n) is 6.43. The Hall–Kier alpha value is -0.450. The molecule has 1 aliphatic heterocycles. The van der Waals surface area contributed by atoms with Gasteiger partial charge in [0.25, 0.3) is 0 Å². The summed E-state index contributed by atoms with van der Waals surface area (Å²) in [7, 11) is 0. The van der Waals surface area contributed by atoms with Crippen molar-refractivity contribution in [2.75, 3.05) is 13.1 Å². The van der Waals surface area contributed by atoms with E-state index in [-0.39, 0.29) is 11.9 Å². The van der Waals surface area contributed by atoms with Crippen LogP contribution in [-0.4, -0.2) is 24.0 Å². The fraction of sp³-hybridized carbons (Fsp3) is 0.571. The van der Waals surface area contributed by atoms with E-state index in [1.807, 2.05) is 12.1 Å². The van der Waals surface area contributed by atoms with Gasteiger partial charge in [0.2, 0.25) is 0 Å². The largest absolute Gasteiger partial charge is 0.329 e. The second kappa shape index (κ2) is 5.68. The Morgan fingerprint density at radius 1 is 1.50 bits per heavy atom. The molecule has 18 heavy (non-hydrogen) atoms. The lowest BCUT2D eigenvalue weighted by atomic mass is 10.0. The van der Waals surface area contributed by atoms with Crippen molar-refractivity contribution in [2.45, 2.75) is 32.4 Å². The van der Waals surface area contributed by atoms with Crippen molar-refractivity contribution in [3.8, 4) is 0 Å². The van der Waals surface area contributed by atoms with E-state index in [9.17, 15) is 4.39 Å². The summed E-state index contributed by atoms with van der Waals surface area (Å²) < 4.78 is 13.8. The standard InChI is InChI=1S/C14H20BrFN2/c1-9-5-10(2)18(8-9)14(7-17)11-3-4-13(16)12(15)6-11/h3-4,6,9-10,14H,5,7-8,17H2,1-2H3. The van der Waals surface area contributed by atoms with Crippen molar-refractivity contribution < 1.29 is 4.39 Å². The first-order valence-corrected chi connectivity index (χ1v) is 7.23. The lowest BCUT2D eigenvalue weighted by Gasteiger charge is -2.31. The molecule has 100 valence electrons. The van der Waals surface area contributed by atoms with Crippen molar-refractivity contribution in [1.29, 1.82) is 0 Å². The third-order valence-electron chi connectivity index (χ3n) is 3.78. The monoisotopic (exact) mass is 314 g/mol. The second-order valence-corrected chi connectivity index (χ2v) is 6.17. The first-order chi connectivity index (χ1) is 8.52. The fourth-order valence-electron chi connectivity index (χ4n) is 2.95. The molecule has 1 aromatic carbocycles. The lowest BCUT2D eigenvalue weighted by molar-refractivity contribution is 0.192. The number of nitrogens with zero attached hydrogens (tertiary/aromatic N) is 1. The highest BCUT2D eigenvalue weighted by molar-refractivity contribution is 9.10. The molecular weight excluding hydrogens is 295 g/mol. The maximum absolute atomic E-state index is 13.3. The van der Waals surface area contributed by atoms with Gasteiger partial charge in [0.1, 0.15) is 5.82 Å². The van der Waals surface area contributed by atoms with Crippen molar-refractivity contribution >= 4 is 15.9 Å². The van der Waals surface area contributed by atoms with Crippen molar-refractivity contribution in [2.24, 2.45) is 11.7 Å². The molecule has 1 saturated heterocycles. The van der Waals surface area contributed by atoms with Crippen LogP contribution in [0, 0.1) is 11.7 Å². The van der Waals surface area contributed by atoms with Gasteiger partial charge >= 0.3 is 0 Å². The zero-order chi connectivity index (χ0) is 13.3. The van der Waals surface area contributed by atoms with Crippen LogP contribution >= 0.6 is 15.9 Å². The lowest BCUT2D eigenvalue weighted by Crippen LogP contribution is -2.36. The molecule has 0 aliphatic carbocycles. The minimum Gasteiger partial charge on any atom is -0.329 e. The van der Waals surface area contributed by atoms with Crippen molar-refractivity contribution in [3.05, 3.63) is 34.1 Å². The van der Waals surface area contributed by atoms with Crippen LogP contribution in [0.15, 0.2) is 22.7 Å². The average Bonchev–Trinajstić information content (AvgIpc) is 2.64. The van der Waals surface area contributed by atoms with Gasteiger partial charge in [0.05, 0.1) is 4.47 Å². The van der Waals surface area contributed by atoms with Gasteiger partial charge in [-0.25, -0.2) is 4.39 Å². The molecule has 0 aromatic heterocycles. The number of hydrogen-bond acceptors (Lipinski definition) is 2. The number of benzene rings is 1. The molecule has 2 rings (SSSR count). The first kappa shape index (κ1) is 14.0. The van der Waals surface area contributed by atoms with Gasteiger partial charge in [0, 0.05) is 25.2 Å². The number of nitrogens with two attached hydrogens (primary N) is 1. The summed E-state index contributed by atoms with van der Waals surface area (Å²) in [6, 6.07) is 5.92. The summed E-state index contributed by atoms with van der Waals surface area (Å²) in [6.07, 6.45) is 1.21. The Balaban J connectivity index is 2.25. The molecular formula is C14H20BrFN2. The normalized spacial score (nSPS) is 26.5. The molecule has 0 radical (unpaired) electrons. The van der Waals surface area contributed by atoms with Crippen LogP contribution in [0.25, 0.3) is 0 Å². The highest BCUT2D eigenvalue weighted by Crippen LogP contribution is 2.32. The summed E-state index contributed by atoms with van der Waals surface area (Å²) in [5.74, 6) is 0.482. The molecule has 3 atom stereocenters. The van der Waals surface area contributed by atoms with E-state index in [2.05, 4.69) is 34.7 Å². The zero-order valence-corrected chi connectivity index (χ0v) is 12.5. The molecule has 0 spiro atoms. The van der Waals surface area contributed by atoms with Gasteiger partial charge in [-0.05, 0) is 52.9 Å². The molecule has 0 amide bonds. The third kappa shape index (κ3) is 2.76. The van der Waals surface area contributed by atoms with Crippen LogP contribution in [0.3, 0.4) is 0 Å².